The molecule has 0 heterocycles. The topological polar surface area (TPSA) is 20.2 Å². The molecule has 0 atom stereocenters. The zero-order chi connectivity index (χ0) is 2.00. The molecule has 59 valence electrons. The molecule has 1 N–H and O–H groups in total. The zero-order valence-corrected chi connectivity index (χ0v) is 9.92. The molecule has 0 aromatic rings. The van der Waals surface area contributed by atoms with Crippen LogP contribution in [0, 0.1) is 7.11 Å². The number of halogens is 5. The summed E-state index contributed by atoms with van der Waals surface area (Å²) in [6, 6.07) is 0. The fourth-order valence-corrected chi connectivity index (χ4v) is 0. The summed E-state index contributed by atoms with van der Waals surface area (Å²) in [5.74, 6) is 0. The molecule has 1 nitrogen and oxygen atoms in total. The Balaban J connectivity index is -0.000000000333. The van der Waals surface area contributed by atoms with E-state index in [9.17, 15) is 0 Å². The number of hydrogen-bond acceptors (Lipinski definition) is 1. The summed E-state index contributed by atoms with van der Waals surface area (Å²) >= 11 is 0. The molecule has 0 unspecified atom stereocenters. The summed E-state index contributed by atoms with van der Waals surface area (Å²) in [4.78, 5) is 0. The maximum Gasteiger partial charge on any atom is 0 e. The van der Waals surface area contributed by atoms with Gasteiger partial charge in [-0.2, -0.15) is 0 Å². The summed E-state index contributed by atoms with van der Waals surface area (Å²) in [5, 5.41) is 6.75. The molecule has 0 fully saturated rings. The van der Waals surface area contributed by atoms with Crippen molar-refractivity contribution in [2.75, 3.05) is 0 Å². The van der Waals surface area contributed by atoms with Gasteiger partial charge in [0.15, 0.2) is 0 Å². The van der Waals surface area contributed by atoms with Crippen LogP contribution in [0.4, 0.5) is 0 Å². The Kier molecular flexibility index (Phi) is 1410. The molecule has 0 aliphatic carbocycles. The molecule has 1 radical (unpaired) electrons. The van der Waals surface area contributed by atoms with E-state index in [1.54, 1.807) is 0 Å². The normalized spacial score (nSPS) is 0.750. The third-order valence-electron chi connectivity index (χ3n) is 0. The van der Waals surface area contributed by atoms with Gasteiger partial charge in [-0.3, -0.25) is 0 Å². The second kappa shape index (κ2) is 131. The van der Waals surface area contributed by atoms with E-state index in [0.29, 0.717) is 0 Å². The Morgan fingerprint density at radius 2 is 0.625 bits per heavy atom. The standard InChI is InChI=1S/CH3O.5ClH.Nb/c1-2;;;;;;/h2H,1H2;5*1H;/q-1;;;;;;. The van der Waals surface area contributed by atoms with Crippen LogP contribution in [-0.4, -0.2) is 5.11 Å². The number of aliphatic hydroxyl groups excluding tert-OH is 1. The van der Waals surface area contributed by atoms with E-state index in [2.05, 4.69) is 7.11 Å². The molecule has 0 saturated heterocycles. The van der Waals surface area contributed by atoms with Crippen molar-refractivity contribution in [3.05, 3.63) is 7.11 Å². The molecule has 0 aromatic heterocycles. The van der Waals surface area contributed by atoms with Gasteiger partial charge in [0.1, 0.15) is 0 Å². The van der Waals surface area contributed by atoms with Gasteiger partial charge in [0.25, 0.3) is 0 Å². The van der Waals surface area contributed by atoms with Crippen LogP contribution in [-0.2, 0) is 22.4 Å². The summed E-state index contributed by atoms with van der Waals surface area (Å²) in [5.41, 5.74) is 0. The van der Waals surface area contributed by atoms with E-state index in [4.69, 9.17) is 5.11 Å². The van der Waals surface area contributed by atoms with Crippen molar-refractivity contribution in [1.29, 1.82) is 0 Å². The smallest absolute Gasteiger partial charge is 0 e. The van der Waals surface area contributed by atoms with E-state index in [-0.39, 0.29) is 84.4 Å². The van der Waals surface area contributed by atoms with Crippen molar-refractivity contribution in [3.8, 4) is 0 Å². The maximum atomic E-state index is 6.75. The molecule has 7 heteroatoms. The van der Waals surface area contributed by atoms with Crippen molar-refractivity contribution in [2.45, 2.75) is 0 Å². The molecule has 0 rings (SSSR count). The molecule has 0 bridgehead atoms. The Labute approximate surface area is 95.9 Å². The molecular weight excluding hydrogens is 298 g/mol. The van der Waals surface area contributed by atoms with Crippen molar-refractivity contribution in [2.24, 2.45) is 0 Å². The van der Waals surface area contributed by atoms with Gasteiger partial charge >= 0.3 is 0 Å². The van der Waals surface area contributed by atoms with E-state index in [1.165, 1.54) is 0 Å². The predicted molar refractivity (Wildman–Crippen MR) is 43.5 cm³/mol. The van der Waals surface area contributed by atoms with Gasteiger partial charge in [0, 0.05) is 22.4 Å². The molecule has 0 aromatic carbocycles. The third kappa shape index (κ3) is 90.1. The van der Waals surface area contributed by atoms with Gasteiger partial charge in [-0.15, -0.1) is 62.0 Å². The van der Waals surface area contributed by atoms with Gasteiger partial charge in [0.05, 0.1) is 0 Å². The Morgan fingerprint density at radius 1 is 0.625 bits per heavy atom. The minimum Gasteiger partial charge on any atom is -0.569 e. The Bertz CT molecular complexity index is 12.4. The van der Waals surface area contributed by atoms with E-state index < -0.39 is 0 Å². The maximum absolute atomic E-state index is 6.75. The van der Waals surface area contributed by atoms with Crippen LogP contribution in [0.25, 0.3) is 0 Å². The molecular formula is CH8Cl5NbO-. The number of aliphatic hydroxyl groups is 1. The van der Waals surface area contributed by atoms with Crippen LogP contribution in [0.5, 0.6) is 0 Å². The van der Waals surface area contributed by atoms with Crippen LogP contribution in [0.15, 0.2) is 0 Å². The van der Waals surface area contributed by atoms with Crippen molar-refractivity contribution >= 4 is 62.0 Å². The van der Waals surface area contributed by atoms with E-state index >= 15 is 0 Å². The summed E-state index contributed by atoms with van der Waals surface area (Å²) in [7, 11) is 2.25. The fourth-order valence-electron chi connectivity index (χ4n) is 0. The first-order chi connectivity index (χ1) is 1.00. The zero-order valence-electron chi connectivity index (χ0n) is 3.64. The van der Waals surface area contributed by atoms with E-state index in [1.807, 2.05) is 0 Å². The van der Waals surface area contributed by atoms with Crippen LogP contribution < -0.4 is 0 Å². The second-order valence-corrected chi connectivity index (χ2v) is 0. The van der Waals surface area contributed by atoms with Gasteiger partial charge in [0.2, 0.25) is 0 Å². The average molecular weight is 306 g/mol. The first-order valence-electron chi connectivity index (χ1n) is 0.316. The molecule has 0 aliphatic rings. The van der Waals surface area contributed by atoms with Crippen molar-refractivity contribution in [3.63, 3.8) is 0 Å². The summed E-state index contributed by atoms with van der Waals surface area (Å²) in [6.45, 7) is 0. The molecule has 0 aliphatic heterocycles. The number of hydrogen-bond donors (Lipinski definition) is 1. The minimum atomic E-state index is 0. The second-order valence-electron chi connectivity index (χ2n) is 0. The van der Waals surface area contributed by atoms with Gasteiger partial charge in [-0.25, -0.2) is 7.11 Å². The third-order valence-corrected chi connectivity index (χ3v) is 0. The first-order valence-corrected chi connectivity index (χ1v) is 0.316. The predicted octanol–water partition coefficient (Wildman–Crippen LogP) is 2.26. The Morgan fingerprint density at radius 3 is 0.625 bits per heavy atom. The Hall–Kier alpha value is 2.15. The molecule has 0 amide bonds. The van der Waals surface area contributed by atoms with Crippen LogP contribution in [0.2, 0.25) is 0 Å². The summed E-state index contributed by atoms with van der Waals surface area (Å²) in [6.07, 6.45) is 0. The van der Waals surface area contributed by atoms with E-state index in [0.717, 1.165) is 0 Å². The van der Waals surface area contributed by atoms with Gasteiger partial charge in [-0.05, 0) is 0 Å². The number of rotatable bonds is 0. The summed E-state index contributed by atoms with van der Waals surface area (Å²) < 4.78 is 0. The van der Waals surface area contributed by atoms with Crippen LogP contribution in [0.1, 0.15) is 0 Å². The molecule has 0 spiro atoms. The fraction of sp³-hybridized carbons (Fsp3) is 0. The first kappa shape index (κ1) is 85.6. The van der Waals surface area contributed by atoms with Crippen LogP contribution in [0.3, 0.4) is 0 Å². The van der Waals surface area contributed by atoms with Crippen molar-refractivity contribution in [1.82, 2.24) is 0 Å². The average Bonchev–Trinajstić information content (AvgIpc) is 1.00. The monoisotopic (exact) mass is 304 g/mol. The SMILES string of the molecule is Cl.Cl.Cl.Cl.Cl.[CH2-]O.[Nb]. The van der Waals surface area contributed by atoms with Crippen molar-refractivity contribution < 1.29 is 27.5 Å². The quantitative estimate of drug-likeness (QED) is 0.538. The van der Waals surface area contributed by atoms with Gasteiger partial charge in [-0.1, -0.05) is 0 Å². The van der Waals surface area contributed by atoms with Crippen LogP contribution >= 0.6 is 62.0 Å². The molecule has 0 saturated carbocycles. The minimum absolute atomic E-state index is 0. The molecule has 8 heavy (non-hydrogen) atoms. The largest absolute Gasteiger partial charge is 0.569 e. The van der Waals surface area contributed by atoms with Gasteiger partial charge < -0.3 is 5.11 Å².